The first kappa shape index (κ1) is 7.88. The van der Waals surface area contributed by atoms with Crippen LogP contribution in [-0.4, -0.2) is 20.4 Å². The second kappa shape index (κ2) is 2.44. The molecule has 0 radical (unpaired) electrons. The molecule has 0 unspecified atom stereocenters. The molecule has 0 atom stereocenters. The molecule has 0 bridgehead atoms. The number of halogens is 3. The van der Waals surface area contributed by atoms with Crippen LogP contribution in [0.4, 0.5) is 4.79 Å². The molecule has 2 nitrogen and oxygen atoms in total. The molecule has 0 amide bonds. The summed E-state index contributed by atoms with van der Waals surface area (Å²) in [6, 6.07) is 0. The van der Waals surface area contributed by atoms with E-state index >= 15 is 0 Å². The van der Waals surface area contributed by atoms with Crippen LogP contribution < -0.4 is 0 Å². The van der Waals surface area contributed by atoms with E-state index in [1.54, 1.807) is 0 Å². The van der Waals surface area contributed by atoms with E-state index in [-0.39, 0.29) is 0 Å². The fraction of sp³-hybridized carbons (Fsp3) is 0. The van der Waals surface area contributed by atoms with Gasteiger partial charge in [-0.15, -0.1) is 0 Å². The van der Waals surface area contributed by atoms with Crippen molar-refractivity contribution in [3.63, 3.8) is 0 Å². The summed E-state index contributed by atoms with van der Waals surface area (Å²) in [4.78, 5) is 8.44. The Hall–Kier alpha value is 0.883. The van der Waals surface area contributed by atoms with Crippen molar-refractivity contribution in [3.8, 4) is 0 Å². The van der Waals surface area contributed by atoms with Gasteiger partial charge in [0.2, 0.25) is 0 Å². The van der Waals surface area contributed by atoms with E-state index in [4.69, 9.17) is 35.1 Å². The second-order valence-electron chi connectivity index (χ2n) is 0.803. The van der Waals surface area contributed by atoms with Crippen LogP contribution >= 0.6 is 30.0 Å². The van der Waals surface area contributed by atoms with Crippen LogP contribution in [0, 0.1) is 0 Å². The molecule has 0 aromatic rings. The topological polar surface area (TPSA) is 37.3 Å². The van der Waals surface area contributed by atoms with Crippen molar-refractivity contribution in [1.82, 2.24) is 0 Å². The minimum absolute atomic E-state index is 1.27. The van der Waals surface area contributed by atoms with Crippen molar-refractivity contribution in [1.29, 1.82) is 0 Å². The Morgan fingerprint density at radius 3 is 1.57 bits per heavy atom. The van der Waals surface area contributed by atoms with Gasteiger partial charge in [0.25, 0.3) is 0 Å². The monoisotopic (exact) mass is 224 g/mol. The molecule has 0 rings (SSSR count). The van der Waals surface area contributed by atoms with Gasteiger partial charge in [-0.3, -0.25) is 0 Å². The first-order valence-electron chi connectivity index (χ1n) is 1.24. The Bertz CT molecular complexity index is 85.4. The molecular weight excluding hydrogens is 223 g/mol. The summed E-state index contributed by atoms with van der Waals surface area (Å²) in [5, 5.41) is 7.94. The molecule has 6 heteroatoms. The molecule has 1 N–H and O–H groups in total. The molecule has 0 aromatic heterocycles. The van der Waals surface area contributed by atoms with Gasteiger partial charge in [0.15, 0.2) is 0 Å². The first-order chi connectivity index (χ1) is 2.94. The van der Waals surface area contributed by atoms with Crippen molar-refractivity contribution in [2.24, 2.45) is 0 Å². The van der Waals surface area contributed by atoms with Gasteiger partial charge in [0, 0.05) is 0 Å². The van der Waals surface area contributed by atoms with Gasteiger partial charge in [0.05, 0.1) is 0 Å². The Kier molecular flexibility index (Phi) is 2.75. The molecule has 0 aliphatic carbocycles. The van der Waals surface area contributed by atoms with Crippen molar-refractivity contribution in [2.45, 2.75) is 0 Å². The van der Waals surface area contributed by atoms with Crippen molar-refractivity contribution < 1.29 is 9.90 Å². The molecule has 0 fully saturated rings. The molecule has 7 heavy (non-hydrogen) atoms. The minimum atomic E-state index is -3.83. The zero-order valence-corrected chi connectivity index (χ0v) is 7.36. The summed E-state index contributed by atoms with van der Waals surface area (Å²) in [6.07, 6.45) is 0. The Morgan fingerprint density at radius 1 is 1.43 bits per heavy atom. The van der Waals surface area contributed by atoms with Gasteiger partial charge in [0.1, 0.15) is 0 Å². The molecular formula is CHCl3GeO2. The van der Waals surface area contributed by atoms with Gasteiger partial charge >= 0.3 is 55.2 Å². The first-order valence-corrected chi connectivity index (χ1v) is 10.6. The van der Waals surface area contributed by atoms with Crippen LogP contribution in [-0.2, 0) is 0 Å². The molecule has 42 valence electrons. The number of carboxylic acid groups (broad SMARTS) is 1. The number of hydrogen-bond donors (Lipinski definition) is 1. The van der Waals surface area contributed by atoms with E-state index in [1.165, 1.54) is 0 Å². The predicted molar refractivity (Wildman–Crippen MR) is 31.3 cm³/mol. The number of rotatable bonds is 1. The third kappa shape index (κ3) is 3.46. The van der Waals surface area contributed by atoms with Crippen LogP contribution in [0.25, 0.3) is 0 Å². The second-order valence-corrected chi connectivity index (χ2v) is 15.6. The molecule has 0 heterocycles. The van der Waals surface area contributed by atoms with E-state index in [2.05, 4.69) is 0 Å². The van der Waals surface area contributed by atoms with Gasteiger partial charge < -0.3 is 0 Å². The SMILES string of the molecule is O=[C](O)[Ge]([Cl])([Cl])[Cl]. The molecule has 0 saturated carbocycles. The summed E-state index contributed by atoms with van der Waals surface area (Å²) in [7, 11) is 11.1. The summed E-state index contributed by atoms with van der Waals surface area (Å²) < 4.78 is 0. The molecule has 0 aromatic carbocycles. The van der Waals surface area contributed by atoms with Crippen LogP contribution in [0.5, 0.6) is 0 Å². The van der Waals surface area contributed by atoms with Crippen molar-refractivity contribution in [2.75, 3.05) is 0 Å². The normalized spacial score (nSPS) is 11.3. The van der Waals surface area contributed by atoms with Gasteiger partial charge in [-0.25, -0.2) is 0 Å². The maximum atomic E-state index is 9.71. The van der Waals surface area contributed by atoms with E-state index in [0.29, 0.717) is 0 Å². The average Bonchev–Trinajstić information content (AvgIpc) is 1.31. The predicted octanol–water partition coefficient (Wildman–Crippen LogP) is 1.90. The fourth-order valence-corrected chi connectivity index (χ4v) is 0. The van der Waals surface area contributed by atoms with Gasteiger partial charge in [-0.2, -0.15) is 0 Å². The summed E-state index contributed by atoms with van der Waals surface area (Å²) in [5.41, 5.74) is 0. The molecule has 0 spiro atoms. The maximum absolute atomic E-state index is 9.71. The Balaban J connectivity index is 3.79. The fourth-order valence-electron chi connectivity index (χ4n) is 0. The number of carbonyl (C=O) groups is 1. The van der Waals surface area contributed by atoms with Crippen LogP contribution in [0.15, 0.2) is 0 Å². The third-order valence-electron chi connectivity index (χ3n) is 0.243. The Labute approximate surface area is 55.3 Å². The standard InChI is InChI=1S/CHCl3GeO2/c2-5(3,4)1(6)7/h(H,6,7). The van der Waals surface area contributed by atoms with Gasteiger partial charge in [-0.1, -0.05) is 0 Å². The van der Waals surface area contributed by atoms with E-state index in [9.17, 15) is 4.79 Å². The zero-order chi connectivity index (χ0) is 6.08. The van der Waals surface area contributed by atoms with E-state index in [0.717, 1.165) is 0 Å². The third-order valence-corrected chi connectivity index (χ3v) is 3.78. The summed E-state index contributed by atoms with van der Waals surface area (Å²) in [5.74, 6) is 0. The van der Waals surface area contributed by atoms with Crippen LogP contribution in [0.3, 0.4) is 0 Å². The molecule has 0 aliphatic heterocycles. The van der Waals surface area contributed by atoms with Crippen LogP contribution in [0.1, 0.15) is 0 Å². The zero-order valence-electron chi connectivity index (χ0n) is 2.99. The van der Waals surface area contributed by atoms with E-state index < -0.39 is 15.3 Å². The number of hydrogen-bond acceptors (Lipinski definition) is 1. The van der Waals surface area contributed by atoms with Gasteiger partial charge in [-0.05, 0) is 0 Å². The van der Waals surface area contributed by atoms with Crippen molar-refractivity contribution >= 4 is 45.3 Å². The summed E-state index contributed by atoms with van der Waals surface area (Å²) in [6.45, 7) is 0. The quantitative estimate of drug-likeness (QED) is 0.690. The molecule has 0 aliphatic rings. The molecule has 0 saturated heterocycles. The average molecular weight is 224 g/mol. The Morgan fingerprint density at radius 2 is 1.57 bits per heavy atom. The van der Waals surface area contributed by atoms with E-state index in [1.807, 2.05) is 0 Å². The van der Waals surface area contributed by atoms with Crippen molar-refractivity contribution in [3.05, 3.63) is 0 Å². The summed E-state index contributed by atoms with van der Waals surface area (Å²) >= 11 is 0. The van der Waals surface area contributed by atoms with Crippen LogP contribution in [0.2, 0.25) is 0 Å².